The molecule has 0 bridgehead atoms. The third kappa shape index (κ3) is 2.52. The van der Waals surface area contributed by atoms with Crippen LogP contribution >= 0.6 is 11.6 Å². The first-order valence-corrected chi connectivity index (χ1v) is 5.97. The summed E-state index contributed by atoms with van der Waals surface area (Å²) < 4.78 is 0. The van der Waals surface area contributed by atoms with E-state index in [-0.39, 0.29) is 0 Å². The second-order valence-corrected chi connectivity index (χ2v) is 4.37. The quantitative estimate of drug-likeness (QED) is 0.830. The van der Waals surface area contributed by atoms with Crippen LogP contribution in [0.25, 0.3) is 0 Å². The molecule has 0 aliphatic carbocycles. The first-order chi connectivity index (χ1) is 9.17. The van der Waals surface area contributed by atoms with Gasteiger partial charge >= 0.3 is 0 Å². The first-order valence-electron chi connectivity index (χ1n) is 5.60. The third-order valence-electron chi connectivity index (χ3n) is 2.85. The predicted octanol–water partition coefficient (Wildman–Crippen LogP) is 3.85. The molecule has 0 aromatic heterocycles. The van der Waals surface area contributed by atoms with Crippen LogP contribution in [-0.2, 0) is 0 Å². The molecular weight excluding hydrogens is 258 g/mol. The molecule has 0 aliphatic heterocycles. The van der Waals surface area contributed by atoms with E-state index in [4.69, 9.17) is 16.9 Å². The van der Waals surface area contributed by atoms with Gasteiger partial charge in [0.25, 0.3) is 0 Å². The van der Waals surface area contributed by atoms with Gasteiger partial charge in [-0.15, -0.1) is 0 Å². The predicted molar refractivity (Wildman–Crippen MR) is 75.4 cm³/mol. The van der Waals surface area contributed by atoms with Crippen molar-refractivity contribution in [3.05, 3.63) is 58.6 Å². The number of rotatable bonds is 2. The number of nitriles is 2. The second kappa shape index (κ2) is 5.44. The standard InChI is InChI=1S/C15H10ClN3/c1-19(12-7-5-11(9-17)6-8-12)15-4-2-3-14(16)13(15)10-18/h2-8H,1H3. The molecule has 0 spiro atoms. The third-order valence-corrected chi connectivity index (χ3v) is 3.16. The van der Waals surface area contributed by atoms with E-state index in [2.05, 4.69) is 12.1 Å². The van der Waals surface area contributed by atoms with Gasteiger partial charge in [-0.05, 0) is 36.4 Å². The Balaban J connectivity index is 2.45. The Morgan fingerprint density at radius 1 is 1.00 bits per heavy atom. The Bertz CT molecular complexity index is 678. The van der Waals surface area contributed by atoms with Gasteiger partial charge in [0.05, 0.1) is 27.9 Å². The summed E-state index contributed by atoms with van der Waals surface area (Å²) >= 11 is 6.02. The van der Waals surface area contributed by atoms with Crippen molar-refractivity contribution in [2.45, 2.75) is 0 Å². The minimum absolute atomic E-state index is 0.431. The SMILES string of the molecule is CN(c1ccc(C#N)cc1)c1cccc(Cl)c1C#N. The highest BCUT2D eigenvalue weighted by molar-refractivity contribution is 6.32. The molecule has 0 saturated heterocycles. The van der Waals surface area contributed by atoms with Gasteiger partial charge < -0.3 is 4.90 Å². The summed E-state index contributed by atoms with van der Waals surface area (Å²) in [5, 5.41) is 18.4. The minimum Gasteiger partial charge on any atom is -0.343 e. The Labute approximate surface area is 116 Å². The van der Waals surface area contributed by atoms with E-state index in [1.54, 1.807) is 24.3 Å². The van der Waals surface area contributed by atoms with Crippen molar-refractivity contribution in [2.75, 3.05) is 11.9 Å². The topological polar surface area (TPSA) is 50.8 Å². The van der Waals surface area contributed by atoms with E-state index in [0.717, 1.165) is 11.4 Å². The molecule has 2 aromatic carbocycles. The maximum absolute atomic E-state index is 9.17. The van der Waals surface area contributed by atoms with E-state index in [0.29, 0.717) is 16.1 Å². The highest BCUT2D eigenvalue weighted by Gasteiger charge is 2.11. The lowest BCUT2D eigenvalue weighted by Gasteiger charge is -2.21. The lowest BCUT2D eigenvalue weighted by Crippen LogP contribution is -2.11. The summed E-state index contributed by atoms with van der Waals surface area (Å²) in [5.41, 5.74) is 2.66. The van der Waals surface area contributed by atoms with Gasteiger partial charge in [0.2, 0.25) is 0 Å². The van der Waals surface area contributed by atoms with Crippen molar-refractivity contribution in [1.29, 1.82) is 10.5 Å². The van der Waals surface area contributed by atoms with Crippen molar-refractivity contribution in [3.8, 4) is 12.1 Å². The first kappa shape index (κ1) is 13.0. The average Bonchev–Trinajstić information content (AvgIpc) is 2.46. The van der Waals surface area contributed by atoms with Crippen LogP contribution in [0.2, 0.25) is 5.02 Å². The number of halogens is 1. The molecule has 0 heterocycles. The van der Waals surface area contributed by atoms with E-state index in [1.807, 2.05) is 30.1 Å². The van der Waals surface area contributed by atoms with Crippen molar-refractivity contribution in [1.82, 2.24) is 0 Å². The summed E-state index contributed by atoms with van der Waals surface area (Å²) in [5.74, 6) is 0. The molecule has 0 radical (unpaired) electrons. The number of hydrogen-bond acceptors (Lipinski definition) is 3. The van der Waals surface area contributed by atoms with Gasteiger partial charge in [-0.2, -0.15) is 10.5 Å². The fraction of sp³-hybridized carbons (Fsp3) is 0.0667. The minimum atomic E-state index is 0.431. The molecule has 0 fully saturated rings. The zero-order valence-electron chi connectivity index (χ0n) is 10.3. The number of nitrogens with zero attached hydrogens (tertiary/aromatic N) is 3. The maximum Gasteiger partial charge on any atom is 0.103 e. The van der Waals surface area contributed by atoms with E-state index < -0.39 is 0 Å². The summed E-state index contributed by atoms with van der Waals surface area (Å²) in [7, 11) is 1.86. The van der Waals surface area contributed by atoms with Crippen LogP contribution in [0.3, 0.4) is 0 Å². The van der Waals surface area contributed by atoms with Crippen molar-refractivity contribution in [3.63, 3.8) is 0 Å². The van der Waals surface area contributed by atoms with Crippen molar-refractivity contribution < 1.29 is 0 Å². The van der Waals surface area contributed by atoms with Gasteiger partial charge in [0.1, 0.15) is 6.07 Å². The molecule has 2 aromatic rings. The Kier molecular flexibility index (Phi) is 3.71. The average molecular weight is 268 g/mol. The largest absolute Gasteiger partial charge is 0.343 e. The Morgan fingerprint density at radius 3 is 2.26 bits per heavy atom. The zero-order chi connectivity index (χ0) is 13.8. The molecule has 0 unspecified atom stereocenters. The number of hydrogen-bond donors (Lipinski definition) is 0. The van der Waals surface area contributed by atoms with Gasteiger partial charge in [-0.1, -0.05) is 17.7 Å². The van der Waals surface area contributed by atoms with Crippen molar-refractivity contribution >= 4 is 23.0 Å². The second-order valence-electron chi connectivity index (χ2n) is 3.96. The van der Waals surface area contributed by atoms with Crippen LogP contribution in [-0.4, -0.2) is 7.05 Å². The molecule has 0 saturated carbocycles. The van der Waals surface area contributed by atoms with E-state index in [1.165, 1.54) is 0 Å². The van der Waals surface area contributed by atoms with Crippen LogP contribution in [0.5, 0.6) is 0 Å². The fourth-order valence-corrected chi connectivity index (χ4v) is 2.01. The van der Waals surface area contributed by atoms with Gasteiger partial charge in [0, 0.05) is 12.7 Å². The molecule has 2 rings (SSSR count). The lowest BCUT2D eigenvalue weighted by molar-refractivity contribution is 1.20. The van der Waals surface area contributed by atoms with Gasteiger partial charge in [-0.25, -0.2) is 0 Å². The summed E-state index contributed by atoms with van der Waals surface area (Å²) in [6.07, 6.45) is 0. The number of anilines is 2. The molecule has 0 N–H and O–H groups in total. The molecule has 0 atom stereocenters. The van der Waals surface area contributed by atoms with Gasteiger partial charge in [-0.3, -0.25) is 0 Å². The van der Waals surface area contributed by atoms with Crippen LogP contribution in [0.4, 0.5) is 11.4 Å². The highest BCUT2D eigenvalue weighted by atomic mass is 35.5. The molecule has 92 valence electrons. The van der Waals surface area contributed by atoms with Gasteiger partial charge in [0.15, 0.2) is 0 Å². The van der Waals surface area contributed by atoms with Crippen LogP contribution in [0, 0.1) is 22.7 Å². The van der Waals surface area contributed by atoms with E-state index >= 15 is 0 Å². The normalized spacial score (nSPS) is 9.47. The summed E-state index contributed by atoms with van der Waals surface area (Å²) in [6.45, 7) is 0. The van der Waals surface area contributed by atoms with Crippen LogP contribution in [0.15, 0.2) is 42.5 Å². The lowest BCUT2D eigenvalue weighted by atomic mass is 10.1. The van der Waals surface area contributed by atoms with Crippen LogP contribution < -0.4 is 4.90 Å². The Hall–Kier alpha value is -2.49. The highest BCUT2D eigenvalue weighted by Crippen LogP contribution is 2.30. The fourth-order valence-electron chi connectivity index (χ4n) is 1.80. The smallest absolute Gasteiger partial charge is 0.103 e. The number of benzene rings is 2. The van der Waals surface area contributed by atoms with Crippen molar-refractivity contribution in [2.24, 2.45) is 0 Å². The maximum atomic E-state index is 9.17. The molecule has 4 heteroatoms. The molecule has 0 amide bonds. The van der Waals surface area contributed by atoms with E-state index in [9.17, 15) is 5.26 Å². The molecule has 19 heavy (non-hydrogen) atoms. The molecule has 0 aliphatic rings. The monoisotopic (exact) mass is 267 g/mol. The van der Waals surface area contributed by atoms with Crippen LogP contribution in [0.1, 0.15) is 11.1 Å². The summed E-state index contributed by atoms with van der Waals surface area (Å²) in [4.78, 5) is 1.87. The molecule has 3 nitrogen and oxygen atoms in total. The zero-order valence-corrected chi connectivity index (χ0v) is 11.0. The summed E-state index contributed by atoms with van der Waals surface area (Å²) in [6, 6.07) is 16.7. The Morgan fingerprint density at radius 2 is 1.68 bits per heavy atom. The molecular formula is C15H10ClN3.